The number of amides is 1. The van der Waals surface area contributed by atoms with Crippen molar-refractivity contribution in [3.05, 3.63) is 0 Å². The monoisotopic (exact) mass is 232 g/mol. The summed E-state index contributed by atoms with van der Waals surface area (Å²) >= 11 is 4.11. The van der Waals surface area contributed by atoms with E-state index in [-0.39, 0.29) is 12.5 Å². The molecule has 1 fully saturated rings. The maximum atomic E-state index is 11.8. The molecule has 0 saturated carbocycles. The Balaban J connectivity index is 2.30. The molecule has 1 aliphatic heterocycles. The van der Waals surface area contributed by atoms with Crippen LogP contribution in [0, 0.1) is 5.92 Å². The molecular weight excluding hydrogens is 212 g/mol. The highest BCUT2D eigenvalue weighted by atomic mass is 32.1. The fourth-order valence-electron chi connectivity index (χ4n) is 1.75. The number of aliphatic hydroxyl groups is 1. The molecule has 0 aromatic heterocycles. The summed E-state index contributed by atoms with van der Waals surface area (Å²) in [4.78, 5) is 15.5. The molecule has 0 aliphatic carbocycles. The summed E-state index contributed by atoms with van der Waals surface area (Å²) < 4.78 is 0. The average Bonchev–Trinajstić information content (AvgIpc) is 2.29. The van der Waals surface area contributed by atoms with Gasteiger partial charge in [0.15, 0.2) is 0 Å². The van der Waals surface area contributed by atoms with Gasteiger partial charge in [0.2, 0.25) is 5.91 Å². The van der Waals surface area contributed by atoms with Gasteiger partial charge in [-0.1, -0.05) is 0 Å². The molecule has 0 aromatic rings. The number of nitrogens with zero attached hydrogens (tertiary/aromatic N) is 2. The number of hydrogen-bond donors (Lipinski definition) is 2. The van der Waals surface area contributed by atoms with E-state index in [4.69, 9.17) is 5.11 Å². The summed E-state index contributed by atoms with van der Waals surface area (Å²) in [7, 11) is 1.88. The van der Waals surface area contributed by atoms with Gasteiger partial charge >= 0.3 is 0 Å². The quantitative estimate of drug-likeness (QED) is 0.531. The van der Waals surface area contributed by atoms with Gasteiger partial charge in [-0.2, -0.15) is 12.6 Å². The molecule has 5 heteroatoms. The first-order chi connectivity index (χ1) is 7.17. The van der Waals surface area contributed by atoms with Gasteiger partial charge in [-0.05, 0) is 25.8 Å². The minimum absolute atomic E-state index is 0.169. The van der Waals surface area contributed by atoms with Crippen LogP contribution in [0.2, 0.25) is 0 Å². The zero-order valence-corrected chi connectivity index (χ0v) is 10.1. The Morgan fingerprint density at radius 1 is 1.53 bits per heavy atom. The highest BCUT2D eigenvalue weighted by Crippen LogP contribution is 2.16. The van der Waals surface area contributed by atoms with Crippen LogP contribution in [0.5, 0.6) is 0 Å². The van der Waals surface area contributed by atoms with E-state index in [1.54, 1.807) is 0 Å². The number of carbonyl (C=O) groups excluding carboxylic acids is 1. The first kappa shape index (κ1) is 12.8. The number of thiol groups is 1. The van der Waals surface area contributed by atoms with Crippen molar-refractivity contribution in [1.82, 2.24) is 9.80 Å². The zero-order chi connectivity index (χ0) is 11.3. The van der Waals surface area contributed by atoms with Gasteiger partial charge in [0.25, 0.3) is 0 Å². The molecule has 0 unspecified atom stereocenters. The lowest BCUT2D eigenvalue weighted by Gasteiger charge is -2.32. The van der Waals surface area contributed by atoms with Crippen molar-refractivity contribution in [2.45, 2.75) is 12.8 Å². The third-order valence-electron chi connectivity index (χ3n) is 2.87. The van der Waals surface area contributed by atoms with E-state index in [1.807, 2.05) is 16.8 Å². The largest absolute Gasteiger partial charge is 0.396 e. The van der Waals surface area contributed by atoms with Gasteiger partial charge in [0.1, 0.15) is 0 Å². The Labute approximate surface area is 96.6 Å². The van der Waals surface area contributed by atoms with Gasteiger partial charge in [-0.25, -0.2) is 0 Å². The van der Waals surface area contributed by atoms with Gasteiger partial charge in [0, 0.05) is 25.6 Å². The molecule has 1 saturated heterocycles. The van der Waals surface area contributed by atoms with Crippen LogP contribution in [0.15, 0.2) is 0 Å². The Bertz CT molecular complexity index is 206. The van der Waals surface area contributed by atoms with E-state index in [2.05, 4.69) is 12.6 Å². The SMILES string of the molecule is CN(CS)CC(=O)N1CCC(CO)CC1. The number of aliphatic hydroxyl groups excluding tert-OH is 1. The smallest absolute Gasteiger partial charge is 0.236 e. The second kappa shape index (κ2) is 6.35. The molecule has 1 amide bonds. The molecule has 0 bridgehead atoms. The van der Waals surface area contributed by atoms with Crippen LogP contribution in [-0.4, -0.2) is 60.0 Å². The normalized spacial score (nSPS) is 18.5. The first-order valence-electron chi connectivity index (χ1n) is 5.35. The van der Waals surface area contributed by atoms with Crippen LogP contribution in [0.1, 0.15) is 12.8 Å². The molecule has 4 nitrogen and oxygen atoms in total. The Morgan fingerprint density at radius 3 is 2.60 bits per heavy atom. The summed E-state index contributed by atoms with van der Waals surface area (Å²) in [6.45, 7) is 2.25. The second-order valence-electron chi connectivity index (χ2n) is 4.16. The molecule has 0 radical (unpaired) electrons. The van der Waals surface area contributed by atoms with Gasteiger partial charge < -0.3 is 10.0 Å². The Morgan fingerprint density at radius 2 is 2.13 bits per heavy atom. The van der Waals surface area contributed by atoms with Crippen molar-refractivity contribution < 1.29 is 9.90 Å². The molecule has 0 aromatic carbocycles. The van der Waals surface area contributed by atoms with E-state index in [0.717, 1.165) is 25.9 Å². The van der Waals surface area contributed by atoms with Crippen LogP contribution in [0.3, 0.4) is 0 Å². The van der Waals surface area contributed by atoms with Gasteiger partial charge in [0.05, 0.1) is 6.54 Å². The summed E-state index contributed by atoms with van der Waals surface area (Å²) in [5.41, 5.74) is 0. The predicted octanol–water partition coefficient (Wildman–Crippen LogP) is 0.0364. The first-order valence-corrected chi connectivity index (χ1v) is 5.98. The van der Waals surface area contributed by atoms with E-state index < -0.39 is 0 Å². The van der Waals surface area contributed by atoms with Crippen molar-refractivity contribution in [3.8, 4) is 0 Å². The molecule has 0 atom stereocenters. The van der Waals surface area contributed by atoms with E-state index in [1.165, 1.54) is 0 Å². The molecule has 1 aliphatic rings. The zero-order valence-electron chi connectivity index (χ0n) is 9.22. The van der Waals surface area contributed by atoms with Crippen LogP contribution >= 0.6 is 12.6 Å². The number of piperidine rings is 1. The number of carbonyl (C=O) groups is 1. The predicted molar refractivity (Wildman–Crippen MR) is 62.9 cm³/mol. The lowest BCUT2D eigenvalue weighted by molar-refractivity contribution is -0.133. The number of likely N-dealkylation sites (tertiary alicyclic amines) is 1. The Hall–Kier alpha value is -0.260. The van der Waals surface area contributed by atoms with Gasteiger partial charge in [-0.3, -0.25) is 9.69 Å². The molecular formula is C10H20N2O2S. The van der Waals surface area contributed by atoms with Crippen molar-refractivity contribution >= 4 is 18.5 Å². The average molecular weight is 232 g/mol. The number of rotatable bonds is 4. The molecule has 88 valence electrons. The van der Waals surface area contributed by atoms with Crippen LogP contribution in [0.4, 0.5) is 0 Å². The second-order valence-corrected chi connectivity index (χ2v) is 4.45. The molecule has 15 heavy (non-hydrogen) atoms. The van der Waals surface area contributed by atoms with Crippen molar-refractivity contribution in [2.75, 3.05) is 39.2 Å². The van der Waals surface area contributed by atoms with Crippen molar-refractivity contribution in [1.29, 1.82) is 0 Å². The lowest BCUT2D eigenvalue weighted by Crippen LogP contribution is -2.43. The van der Waals surface area contributed by atoms with Crippen molar-refractivity contribution in [3.63, 3.8) is 0 Å². The number of likely N-dealkylation sites (N-methyl/N-ethyl adjacent to an activating group) is 1. The highest BCUT2D eigenvalue weighted by molar-refractivity contribution is 7.80. The van der Waals surface area contributed by atoms with E-state index in [0.29, 0.717) is 18.3 Å². The summed E-state index contributed by atoms with van der Waals surface area (Å²) in [6.07, 6.45) is 1.85. The fourth-order valence-corrected chi connectivity index (χ4v) is 1.85. The van der Waals surface area contributed by atoms with Crippen LogP contribution in [0.25, 0.3) is 0 Å². The molecule has 0 spiro atoms. The van der Waals surface area contributed by atoms with Crippen LogP contribution in [-0.2, 0) is 4.79 Å². The standard InChI is InChI=1S/C10H20N2O2S/c1-11(8-15)6-10(14)12-4-2-9(7-13)3-5-12/h9,13,15H,2-8H2,1H3. The summed E-state index contributed by atoms with van der Waals surface area (Å²) in [6, 6.07) is 0. The lowest BCUT2D eigenvalue weighted by atomic mass is 9.98. The molecule has 1 rings (SSSR count). The third kappa shape index (κ3) is 4.01. The number of hydrogen-bond acceptors (Lipinski definition) is 4. The van der Waals surface area contributed by atoms with Crippen molar-refractivity contribution in [2.24, 2.45) is 5.92 Å². The third-order valence-corrected chi connectivity index (χ3v) is 3.35. The van der Waals surface area contributed by atoms with Crippen LogP contribution < -0.4 is 0 Å². The highest BCUT2D eigenvalue weighted by Gasteiger charge is 2.22. The minimum Gasteiger partial charge on any atom is -0.396 e. The minimum atomic E-state index is 0.169. The van der Waals surface area contributed by atoms with E-state index in [9.17, 15) is 4.79 Å². The fraction of sp³-hybridized carbons (Fsp3) is 0.900. The Kier molecular flexibility index (Phi) is 5.42. The summed E-state index contributed by atoms with van der Waals surface area (Å²) in [5.74, 6) is 1.15. The maximum Gasteiger partial charge on any atom is 0.236 e. The maximum absolute atomic E-state index is 11.8. The molecule has 1 N–H and O–H groups in total. The summed E-state index contributed by atoms with van der Waals surface area (Å²) in [5, 5.41) is 8.98. The van der Waals surface area contributed by atoms with E-state index >= 15 is 0 Å². The topological polar surface area (TPSA) is 43.8 Å². The van der Waals surface area contributed by atoms with Gasteiger partial charge in [-0.15, -0.1) is 0 Å². The molecule has 1 heterocycles.